The van der Waals surface area contributed by atoms with Crippen molar-refractivity contribution in [2.24, 2.45) is 0 Å². The topological polar surface area (TPSA) is 79.4 Å². The second kappa shape index (κ2) is 9.04. The summed E-state index contributed by atoms with van der Waals surface area (Å²) in [5, 5.41) is 0.455. The average molecular weight is 466 g/mol. The summed E-state index contributed by atoms with van der Waals surface area (Å²) in [5.74, 6) is 0.653. The first-order valence-corrected chi connectivity index (χ1v) is 11.8. The zero-order valence-electron chi connectivity index (χ0n) is 17.1. The molecule has 2 aromatic rings. The van der Waals surface area contributed by atoms with Gasteiger partial charge in [0.25, 0.3) is 0 Å². The first-order chi connectivity index (χ1) is 14.9. The number of urea groups is 1. The molecule has 2 saturated heterocycles. The van der Waals surface area contributed by atoms with E-state index in [4.69, 9.17) is 21.1 Å². The molecule has 2 aromatic carbocycles. The fourth-order valence-electron chi connectivity index (χ4n) is 3.86. The third-order valence-corrected chi connectivity index (χ3v) is 7.61. The Morgan fingerprint density at radius 2 is 1.65 bits per heavy atom. The van der Waals surface area contributed by atoms with Gasteiger partial charge in [-0.2, -0.15) is 4.31 Å². The summed E-state index contributed by atoms with van der Waals surface area (Å²) in [4.78, 5) is 16.7. The molecular weight excluding hydrogens is 442 g/mol. The van der Waals surface area contributed by atoms with Gasteiger partial charge in [0.1, 0.15) is 11.9 Å². The van der Waals surface area contributed by atoms with E-state index in [1.54, 1.807) is 53.3 Å². The van der Waals surface area contributed by atoms with E-state index in [2.05, 4.69) is 0 Å². The van der Waals surface area contributed by atoms with Crippen LogP contribution in [0.3, 0.4) is 0 Å². The molecule has 1 unspecified atom stereocenters. The fourth-order valence-corrected chi connectivity index (χ4v) is 5.56. The van der Waals surface area contributed by atoms with Crippen LogP contribution in [0, 0.1) is 0 Å². The Hall–Kier alpha value is -2.33. The van der Waals surface area contributed by atoms with Gasteiger partial charge in [0.05, 0.1) is 25.2 Å². The van der Waals surface area contributed by atoms with Crippen molar-refractivity contribution in [3.8, 4) is 5.75 Å². The van der Waals surface area contributed by atoms with E-state index in [-0.39, 0.29) is 17.5 Å². The molecule has 2 fully saturated rings. The van der Waals surface area contributed by atoms with Crippen LogP contribution in [0.15, 0.2) is 53.4 Å². The molecule has 2 aliphatic heterocycles. The number of hydrogen-bond acceptors (Lipinski definition) is 5. The summed E-state index contributed by atoms with van der Waals surface area (Å²) in [6, 6.07) is 13.0. The van der Waals surface area contributed by atoms with Gasteiger partial charge in [0, 0.05) is 31.2 Å². The number of methoxy groups -OCH3 is 1. The molecule has 166 valence electrons. The number of rotatable bonds is 4. The number of amides is 2. The van der Waals surface area contributed by atoms with Gasteiger partial charge in [-0.15, -0.1) is 0 Å². The molecule has 4 rings (SSSR count). The Morgan fingerprint density at radius 3 is 2.26 bits per heavy atom. The van der Waals surface area contributed by atoms with Gasteiger partial charge in [-0.05, 0) is 42.0 Å². The van der Waals surface area contributed by atoms with Crippen LogP contribution in [-0.4, -0.2) is 75.1 Å². The molecule has 0 N–H and O–H groups in total. The van der Waals surface area contributed by atoms with Crippen LogP contribution >= 0.6 is 11.6 Å². The minimum absolute atomic E-state index is 0.135. The zero-order chi connectivity index (χ0) is 22.0. The molecule has 2 heterocycles. The fraction of sp³-hybridized carbons (Fsp3) is 0.381. The minimum Gasteiger partial charge on any atom is -0.497 e. The molecule has 10 heteroatoms. The van der Waals surface area contributed by atoms with Gasteiger partial charge in [0.2, 0.25) is 10.0 Å². The molecule has 31 heavy (non-hydrogen) atoms. The van der Waals surface area contributed by atoms with Gasteiger partial charge >= 0.3 is 6.03 Å². The standard InChI is InChI=1S/C21H24ClN3O5S/c1-29-18-6-2-16(3-7-18)20-24(21(26)23-12-14-30-15-13-23)10-11-25(20)31(27,28)19-8-4-17(22)5-9-19/h2-9,20H,10-15H2,1H3. The molecule has 1 atom stereocenters. The summed E-state index contributed by atoms with van der Waals surface area (Å²) in [7, 11) is -2.29. The van der Waals surface area contributed by atoms with Crippen LogP contribution in [0.1, 0.15) is 11.7 Å². The molecule has 0 spiro atoms. The highest BCUT2D eigenvalue weighted by atomic mass is 35.5. The lowest BCUT2D eigenvalue weighted by Gasteiger charge is -2.35. The Bertz CT molecular complexity index is 1020. The van der Waals surface area contributed by atoms with Crippen LogP contribution in [0.25, 0.3) is 0 Å². The van der Waals surface area contributed by atoms with E-state index in [1.807, 2.05) is 0 Å². The summed E-state index contributed by atoms with van der Waals surface area (Å²) in [6.07, 6.45) is -0.762. The van der Waals surface area contributed by atoms with E-state index in [0.29, 0.717) is 49.2 Å². The average Bonchev–Trinajstić information content (AvgIpc) is 3.25. The Labute approximate surface area is 186 Å². The number of halogens is 1. The Morgan fingerprint density at radius 1 is 1.00 bits per heavy atom. The highest BCUT2D eigenvalue weighted by Crippen LogP contribution is 2.36. The van der Waals surface area contributed by atoms with E-state index >= 15 is 0 Å². The van der Waals surface area contributed by atoms with E-state index in [1.165, 1.54) is 16.4 Å². The van der Waals surface area contributed by atoms with Crippen LogP contribution < -0.4 is 4.74 Å². The lowest BCUT2D eigenvalue weighted by Crippen LogP contribution is -2.49. The van der Waals surface area contributed by atoms with Gasteiger partial charge in [-0.25, -0.2) is 13.2 Å². The molecular formula is C21H24ClN3O5S. The predicted octanol–water partition coefficient (Wildman–Crippen LogP) is 2.81. The second-order valence-corrected chi connectivity index (χ2v) is 9.62. The molecule has 0 radical (unpaired) electrons. The van der Waals surface area contributed by atoms with E-state index in [9.17, 15) is 13.2 Å². The third-order valence-electron chi connectivity index (χ3n) is 5.49. The number of hydrogen-bond donors (Lipinski definition) is 0. The molecule has 0 saturated carbocycles. The van der Waals surface area contributed by atoms with Crippen LogP contribution in [-0.2, 0) is 14.8 Å². The highest BCUT2D eigenvalue weighted by Gasteiger charge is 2.44. The van der Waals surface area contributed by atoms with Crippen LogP contribution in [0.5, 0.6) is 5.75 Å². The Balaban J connectivity index is 1.71. The number of nitrogens with zero attached hydrogens (tertiary/aromatic N) is 3. The number of ether oxygens (including phenoxy) is 2. The third kappa shape index (κ3) is 4.36. The molecule has 2 aliphatic rings. The maximum Gasteiger partial charge on any atom is 0.321 e. The molecule has 8 nitrogen and oxygen atoms in total. The lowest BCUT2D eigenvalue weighted by atomic mass is 10.1. The highest BCUT2D eigenvalue weighted by molar-refractivity contribution is 7.89. The van der Waals surface area contributed by atoms with Crippen molar-refractivity contribution in [1.29, 1.82) is 0 Å². The number of carbonyl (C=O) groups excluding carboxylic acids is 1. The monoisotopic (exact) mass is 465 g/mol. The quantitative estimate of drug-likeness (QED) is 0.693. The maximum absolute atomic E-state index is 13.5. The van der Waals surface area contributed by atoms with Gasteiger partial charge in [-0.3, -0.25) is 0 Å². The molecule has 2 amide bonds. The van der Waals surface area contributed by atoms with Crippen molar-refractivity contribution in [3.63, 3.8) is 0 Å². The second-order valence-electron chi connectivity index (χ2n) is 7.29. The summed E-state index contributed by atoms with van der Waals surface area (Å²) >= 11 is 5.94. The minimum atomic E-state index is -3.86. The number of morpholine rings is 1. The summed E-state index contributed by atoms with van der Waals surface area (Å²) in [5.41, 5.74) is 0.692. The summed E-state index contributed by atoms with van der Waals surface area (Å²) < 4.78 is 38.9. The van der Waals surface area contributed by atoms with Crippen molar-refractivity contribution in [3.05, 3.63) is 59.1 Å². The first kappa shape index (κ1) is 21.9. The SMILES string of the molecule is COc1ccc(C2N(C(=O)N3CCOCC3)CCN2S(=O)(=O)c2ccc(Cl)cc2)cc1. The Kier molecular flexibility index (Phi) is 6.38. The van der Waals surface area contributed by atoms with Crippen molar-refractivity contribution in [2.75, 3.05) is 46.5 Å². The van der Waals surface area contributed by atoms with Gasteiger partial charge < -0.3 is 19.3 Å². The lowest BCUT2D eigenvalue weighted by molar-refractivity contribution is 0.0400. The smallest absolute Gasteiger partial charge is 0.321 e. The van der Waals surface area contributed by atoms with Crippen LogP contribution in [0.2, 0.25) is 5.02 Å². The van der Waals surface area contributed by atoms with E-state index < -0.39 is 16.2 Å². The van der Waals surface area contributed by atoms with E-state index in [0.717, 1.165) is 0 Å². The normalized spacial score (nSPS) is 20.1. The van der Waals surface area contributed by atoms with Crippen molar-refractivity contribution < 1.29 is 22.7 Å². The predicted molar refractivity (Wildman–Crippen MR) is 116 cm³/mol. The number of benzene rings is 2. The zero-order valence-corrected chi connectivity index (χ0v) is 18.7. The largest absolute Gasteiger partial charge is 0.497 e. The molecule has 0 bridgehead atoms. The maximum atomic E-state index is 13.5. The van der Waals surface area contributed by atoms with Crippen LogP contribution in [0.4, 0.5) is 4.79 Å². The summed E-state index contributed by atoms with van der Waals surface area (Å²) in [6.45, 7) is 2.39. The number of carbonyl (C=O) groups is 1. The molecule has 0 aliphatic carbocycles. The van der Waals surface area contributed by atoms with Gasteiger partial charge in [0.15, 0.2) is 0 Å². The number of sulfonamides is 1. The van der Waals surface area contributed by atoms with Crippen molar-refractivity contribution in [1.82, 2.24) is 14.1 Å². The van der Waals surface area contributed by atoms with Crippen molar-refractivity contribution >= 4 is 27.7 Å². The van der Waals surface area contributed by atoms with Gasteiger partial charge in [-0.1, -0.05) is 23.7 Å². The molecule has 0 aromatic heterocycles. The van der Waals surface area contributed by atoms with Crippen molar-refractivity contribution in [2.45, 2.75) is 11.1 Å². The first-order valence-electron chi connectivity index (χ1n) is 9.96.